The number of benzene rings is 2. The summed E-state index contributed by atoms with van der Waals surface area (Å²) in [7, 11) is 0. The van der Waals surface area contributed by atoms with E-state index in [0.717, 1.165) is 44.6 Å². The number of rotatable bonds is 7. The van der Waals surface area contributed by atoms with Gasteiger partial charge in [-0.15, -0.1) is 11.3 Å². The van der Waals surface area contributed by atoms with Crippen molar-refractivity contribution in [3.63, 3.8) is 0 Å². The highest BCUT2D eigenvalue weighted by atomic mass is 32.1. The van der Waals surface area contributed by atoms with Crippen molar-refractivity contribution in [1.29, 1.82) is 0 Å². The first-order valence-corrected chi connectivity index (χ1v) is 13.7. The number of thiophene rings is 1. The first kappa shape index (κ1) is 23.3. The van der Waals surface area contributed by atoms with Gasteiger partial charge in [0.1, 0.15) is 0 Å². The molecule has 1 saturated carbocycles. The topological polar surface area (TPSA) is 23.6 Å². The summed E-state index contributed by atoms with van der Waals surface area (Å²) in [4.78, 5) is 20.1. The summed E-state index contributed by atoms with van der Waals surface area (Å²) in [5, 5.41) is 2.17. The van der Waals surface area contributed by atoms with Gasteiger partial charge in [0.25, 0.3) is 5.91 Å². The van der Waals surface area contributed by atoms with Gasteiger partial charge in [0.2, 0.25) is 0 Å². The lowest BCUT2D eigenvalue weighted by atomic mass is 9.85. The minimum Gasteiger partial charge on any atom is -0.335 e. The maximum Gasteiger partial charge on any atom is 0.254 e. The standard InChI is InChI=1S/C30H36N2OS/c1-23-11-8-9-17-28(23)29-22-31(21-27-16-10-18-34-27)19-25(29)20-32(26-14-6-3-7-15-26)30(33)24-12-4-2-5-13-24/h2,4-5,8-13,16-18,25-26,29H,3,6-7,14-15,19-22H2,1H3/t25-,29+/m1/s1. The monoisotopic (exact) mass is 472 g/mol. The van der Waals surface area contributed by atoms with Crippen molar-refractivity contribution in [2.45, 2.75) is 57.5 Å². The minimum absolute atomic E-state index is 0.216. The smallest absolute Gasteiger partial charge is 0.254 e. The van der Waals surface area contributed by atoms with E-state index in [0.29, 0.717) is 17.9 Å². The summed E-state index contributed by atoms with van der Waals surface area (Å²) in [6.07, 6.45) is 6.05. The molecule has 2 aromatic carbocycles. The van der Waals surface area contributed by atoms with Crippen LogP contribution in [0.1, 0.15) is 64.4 Å². The molecule has 4 heteroatoms. The molecule has 5 rings (SSSR count). The van der Waals surface area contributed by atoms with Gasteiger partial charge in [-0.05, 0) is 60.4 Å². The second kappa shape index (κ2) is 10.9. The normalized spacial score (nSPS) is 21.6. The van der Waals surface area contributed by atoms with Crippen LogP contribution in [0.5, 0.6) is 0 Å². The highest BCUT2D eigenvalue weighted by Crippen LogP contribution is 2.37. The number of likely N-dealkylation sites (tertiary alicyclic amines) is 1. The Morgan fingerprint density at radius 2 is 1.71 bits per heavy atom. The summed E-state index contributed by atoms with van der Waals surface area (Å²) in [6, 6.07) is 23.6. The first-order chi connectivity index (χ1) is 16.7. The Morgan fingerprint density at radius 3 is 2.44 bits per heavy atom. The Balaban J connectivity index is 1.42. The minimum atomic E-state index is 0.216. The zero-order chi connectivity index (χ0) is 23.3. The van der Waals surface area contributed by atoms with Gasteiger partial charge in [-0.2, -0.15) is 0 Å². The molecule has 3 aromatic rings. The maximum absolute atomic E-state index is 13.8. The zero-order valence-corrected chi connectivity index (χ0v) is 21.1. The molecule has 1 amide bonds. The molecule has 2 atom stereocenters. The van der Waals surface area contributed by atoms with Crippen molar-refractivity contribution in [3.05, 3.63) is 93.7 Å². The van der Waals surface area contributed by atoms with Crippen LogP contribution in [0.15, 0.2) is 72.1 Å². The number of amides is 1. The molecule has 0 unspecified atom stereocenters. The SMILES string of the molecule is Cc1ccccc1[C@H]1CN(Cc2cccs2)C[C@@H]1CN(C(=O)c1ccccc1)C1CCCCC1. The highest BCUT2D eigenvalue weighted by Gasteiger charge is 2.38. The van der Waals surface area contributed by atoms with Gasteiger partial charge in [-0.3, -0.25) is 9.69 Å². The highest BCUT2D eigenvalue weighted by molar-refractivity contribution is 7.09. The molecular formula is C30H36N2OS. The number of hydrogen-bond acceptors (Lipinski definition) is 3. The summed E-state index contributed by atoms with van der Waals surface area (Å²) in [5.41, 5.74) is 3.65. The van der Waals surface area contributed by atoms with Gasteiger partial charge < -0.3 is 4.90 Å². The average Bonchev–Trinajstić information content (AvgIpc) is 3.53. The quantitative estimate of drug-likeness (QED) is 0.380. The van der Waals surface area contributed by atoms with E-state index in [1.165, 1.54) is 35.3 Å². The second-order valence-electron chi connectivity index (χ2n) is 10.1. The Labute approximate surface area is 208 Å². The van der Waals surface area contributed by atoms with Crippen molar-refractivity contribution in [2.75, 3.05) is 19.6 Å². The lowest BCUT2D eigenvalue weighted by molar-refractivity contribution is 0.0588. The largest absolute Gasteiger partial charge is 0.335 e. The van der Waals surface area contributed by atoms with Gasteiger partial charge in [0, 0.05) is 48.6 Å². The van der Waals surface area contributed by atoms with Gasteiger partial charge >= 0.3 is 0 Å². The van der Waals surface area contributed by atoms with E-state index in [2.05, 4.69) is 58.5 Å². The van der Waals surface area contributed by atoms with Crippen molar-refractivity contribution < 1.29 is 4.79 Å². The third kappa shape index (κ3) is 5.29. The van der Waals surface area contributed by atoms with Crippen LogP contribution in [0.2, 0.25) is 0 Å². The third-order valence-corrected chi connectivity index (χ3v) is 8.65. The van der Waals surface area contributed by atoms with E-state index in [1.807, 2.05) is 41.7 Å². The van der Waals surface area contributed by atoms with Crippen LogP contribution in [-0.4, -0.2) is 41.4 Å². The average molecular weight is 473 g/mol. The summed E-state index contributed by atoms with van der Waals surface area (Å²) >= 11 is 1.84. The fourth-order valence-corrected chi connectivity index (χ4v) is 6.79. The number of aryl methyl sites for hydroxylation is 1. The van der Waals surface area contributed by atoms with Crippen LogP contribution in [0.3, 0.4) is 0 Å². The van der Waals surface area contributed by atoms with Crippen molar-refractivity contribution in [1.82, 2.24) is 9.80 Å². The molecule has 1 aliphatic carbocycles. The number of carbonyl (C=O) groups excluding carboxylic acids is 1. The van der Waals surface area contributed by atoms with Crippen LogP contribution in [-0.2, 0) is 6.54 Å². The molecule has 1 aromatic heterocycles. The summed E-state index contributed by atoms with van der Waals surface area (Å²) in [5.74, 6) is 1.11. The predicted molar refractivity (Wildman–Crippen MR) is 141 cm³/mol. The molecule has 0 radical (unpaired) electrons. The predicted octanol–water partition coefficient (Wildman–Crippen LogP) is 6.75. The van der Waals surface area contributed by atoms with Crippen molar-refractivity contribution in [2.24, 2.45) is 5.92 Å². The van der Waals surface area contributed by atoms with Crippen LogP contribution in [0.4, 0.5) is 0 Å². The maximum atomic E-state index is 13.8. The lowest BCUT2D eigenvalue weighted by Gasteiger charge is -2.37. The zero-order valence-electron chi connectivity index (χ0n) is 20.2. The number of nitrogens with zero attached hydrogens (tertiary/aromatic N) is 2. The van der Waals surface area contributed by atoms with E-state index in [4.69, 9.17) is 0 Å². The van der Waals surface area contributed by atoms with Crippen LogP contribution in [0.25, 0.3) is 0 Å². The molecule has 1 aliphatic heterocycles. The van der Waals surface area contributed by atoms with Crippen molar-refractivity contribution >= 4 is 17.2 Å². The van der Waals surface area contributed by atoms with Crippen LogP contribution in [0, 0.1) is 12.8 Å². The fourth-order valence-electron chi connectivity index (χ4n) is 6.04. The Kier molecular flexibility index (Phi) is 7.46. The Bertz CT molecular complexity index is 1060. The van der Waals surface area contributed by atoms with Gasteiger partial charge in [0.15, 0.2) is 0 Å². The molecule has 0 N–H and O–H groups in total. The second-order valence-corrected chi connectivity index (χ2v) is 11.1. The van der Waals surface area contributed by atoms with E-state index >= 15 is 0 Å². The van der Waals surface area contributed by atoms with Crippen LogP contribution >= 0.6 is 11.3 Å². The summed E-state index contributed by atoms with van der Waals surface area (Å²) < 4.78 is 0. The molecule has 2 heterocycles. The van der Waals surface area contributed by atoms with Gasteiger partial charge in [0.05, 0.1) is 0 Å². The molecule has 2 aliphatic rings. The molecule has 3 nitrogen and oxygen atoms in total. The Hall–Kier alpha value is -2.43. The van der Waals surface area contributed by atoms with E-state index in [1.54, 1.807) is 0 Å². The third-order valence-electron chi connectivity index (χ3n) is 7.79. The first-order valence-electron chi connectivity index (χ1n) is 12.9. The summed E-state index contributed by atoms with van der Waals surface area (Å²) in [6.45, 7) is 6.20. The van der Waals surface area contributed by atoms with E-state index in [9.17, 15) is 4.79 Å². The van der Waals surface area contributed by atoms with Crippen molar-refractivity contribution in [3.8, 4) is 0 Å². The van der Waals surface area contributed by atoms with E-state index in [-0.39, 0.29) is 5.91 Å². The molecule has 1 saturated heterocycles. The number of hydrogen-bond donors (Lipinski definition) is 0. The lowest BCUT2D eigenvalue weighted by Crippen LogP contribution is -2.45. The van der Waals surface area contributed by atoms with Gasteiger partial charge in [-0.25, -0.2) is 0 Å². The molecule has 178 valence electrons. The molecule has 34 heavy (non-hydrogen) atoms. The molecule has 0 spiro atoms. The molecular weight excluding hydrogens is 436 g/mol. The molecule has 0 bridgehead atoms. The Morgan fingerprint density at radius 1 is 0.941 bits per heavy atom. The fraction of sp³-hybridized carbons (Fsp3) is 0.433. The van der Waals surface area contributed by atoms with Gasteiger partial charge in [-0.1, -0.05) is 67.8 Å². The van der Waals surface area contributed by atoms with Crippen LogP contribution < -0.4 is 0 Å². The molecule has 2 fully saturated rings. The number of carbonyl (C=O) groups is 1. The van der Waals surface area contributed by atoms with E-state index < -0.39 is 0 Å².